The van der Waals surface area contributed by atoms with E-state index in [0.717, 1.165) is 18.8 Å². The van der Waals surface area contributed by atoms with Gasteiger partial charge in [0.2, 0.25) is 0 Å². The molecule has 1 N–H and O–H groups in total. The zero-order chi connectivity index (χ0) is 6.41. The summed E-state index contributed by atoms with van der Waals surface area (Å²) in [5.74, 6) is 0.727. The van der Waals surface area contributed by atoms with E-state index in [1.54, 1.807) is 0 Å². The van der Waals surface area contributed by atoms with Crippen molar-refractivity contribution in [1.29, 1.82) is 0 Å². The molecule has 0 radical (unpaired) electrons. The van der Waals surface area contributed by atoms with E-state index in [9.17, 15) is 0 Å². The lowest BCUT2D eigenvalue weighted by Gasteiger charge is -2.10. The topological polar surface area (TPSA) is 12.0 Å². The molecule has 0 bridgehead atoms. The van der Waals surface area contributed by atoms with Gasteiger partial charge in [0.05, 0.1) is 0 Å². The summed E-state index contributed by atoms with van der Waals surface area (Å²) in [6, 6.07) is 0.515. The molecule has 0 heterocycles. The maximum Gasteiger partial charge on any atom is 0.0377 e. The second-order valence-corrected chi connectivity index (χ2v) is 2.13. The Balaban J connectivity index is 3.07. The molecule has 0 saturated carbocycles. The third-order valence-corrected chi connectivity index (χ3v) is 1.54. The van der Waals surface area contributed by atoms with Crippen molar-refractivity contribution in [2.24, 2.45) is 0 Å². The third kappa shape index (κ3) is 3.28. The highest BCUT2D eigenvalue weighted by atomic mass is 35.5. The minimum absolute atomic E-state index is 0.515. The van der Waals surface area contributed by atoms with Crippen molar-refractivity contribution < 1.29 is 0 Å². The van der Waals surface area contributed by atoms with Crippen LogP contribution in [0.5, 0.6) is 0 Å². The molecule has 0 rings (SSSR count). The largest absolute Gasteiger partial charge is 0.313 e. The molecule has 0 saturated heterocycles. The van der Waals surface area contributed by atoms with Gasteiger partial charge in [0.15, 0.2) is 0 Å². The van der Waals surface area contributed by atoms with E-state index < -0.39 is 0 Å². The number of hydrogen-bond donors (Lipinski definition) is 1. The first-order valence-corrected chi connectivity index (χ1v) is 3.67. The molecule has 1 atom stereocenters. The van der Waals surface area contributed by atoms with Crippen LogP contribution in [0.25, 0.3) is 0 Å². The predicted octanol–water partition coefficient (Wildman–Crippen LogP) is 1.61. The number of halogens is 1. The van der Waals surface area contributed by atoms with Crippen LogP contribution in [0.1, 0.15) is 20.3 Å². The fourth-order valence-corrected chi connectivity index (χ4v) is 0.924. The average Bonchev–Trinajstić information content (AvgIpc) is 1.83. The van der Waals surface area contributed by atoms with Gasteiger partial charge in [0.25, 0.3) is 0 Å². The quantitative estimate of drug-likeness (QED) is 0.578. The van der Waals surface area contributed by atoms with Crippen molar-refractivity contribution in [3.8, 4) is 0 Å². The predicted molar refractivity (Wildman–Crippen MR) is 38.5 cm³/mol. The number of nitrogens with one attached hydrogen (secondary N) is 1. The summed E-state index contributed by atoms with van der Waals surface area (Å²) in [4.78, 5) is 0. The standard InChI is InChI=1S/C6H14ClN/c1-3-6(5-7)8-4-2/h6,8H,3-5H2,1-2H3. The molecule has 8 heavy (non-hydrogen) atoms. The van der Waals surface area contributed by atoms with Crippen molar-refractivity contribution in [3.05, 3.63) is 0 Å². The minimum Gasteiger partial charge on any atom is -0.313 e. The zero-order valence-corrected chi connectivity index (χ0v) is 6.33. The van der Waals surface area contributed by atoms with E-state index in [-0.39, 0.29) is 0 Å². The van der Waals surface area contributed by atoms with E-state index in [1.807, 2.05) is 0 Å². The van der Waals surface area contributed by atoms with Crippen LogP contribution in [0, 0.1) is 0 Å². The van der Waals surface area contributed by atoms with Crippen molar-refractivity contribution in [1.82, 2.24) is 5.32 Å². The third-order valence-electron chi connectivity index (χ3n) is 1.17. The molecule has 2 heteroatoms. The van der Waals surface area contributed by atoms with E-state index in [1.165, 1.54) is 0 Å². The van der Waals surface area contributed by atoms with E-state index in [2.05, 4.69) is 19.2 Å². The van der Waals surface area contributed by atoms with Crippen LogP contribution in [-0.4, -0.2) is 18.5 Å². The normalized spacial score (nSPS) is 13.9. The zero-order valence-electron chi connectivity index (χ0n) is 5.58. The lowest BCUT2D eigenvalue weighted by molar-refractivity contribution is 0.558. The summed E-state index contributed by atoms with van der Waals surface area (Å²) in [5, 5.41) is 3.25. The molecule has 0 fully saturated rings. The molecule has 0 aliphatic heterocycles. The van der Waals surface area contributed by atoms with Gasteiger partial charge >= 0.3 is 0 Å². The molecule has 0 aliphatic rings. The Morgan fingerprint density at radius 3 is 2.25 bits per heavy atom. The number of alkyl halides is 1. The van der Waals surface area contributed by atoms with Crippen LogP contribution in [-0.2, 0) is 0 Å². The van der Waals surface area contributed by atoms with Gasteiger partial charge in [0.1, 0.15) is 0 Å². The number of rotatable bonds is 4. The summed E-state index contributed by atoms with van der Waals surface area (Å²) in [6.45, 7) is 5.25. The highest BCUT2D eigenvalue weighted by Gasteiger charge is 1.98. The van der Waals surface area contributed by atoms with E-state index >= 15 is 0 Å². The first-order valence-electron chi connectivity index (χ1n) is 3.14. The molecule has 0 aromatic heterocycles. The number of hydrogen-bond acceptors (Lipinski definition) is 1. The van der Waals surface area contributed by atoms with Crippen LogP contribution < -0.4 is 5.32 Å². The van der Waals surface area contributed by atoms with Gasteiger partial charge in [-0.3, -0.25) is 0 Å². The van der Waals surface area contributed by atoms with Gasteiger partial charge in [-0.05, 0) is 13.0 Å². The highest BCUT2D eigenvalue weighted by Crippen LogP contribution is 1.91. The van der Waals surface area contributed by atoms with Crippen molar-refractivity contribution in [2.45, 2.75) is 26.3 Å². The first kappa shape index (κ1) is 8.25. The Bertz CT molecular complexity index is 43.8. The van der Waals surface area contributed by atoms with Gasteiger partial charge in [-0.1, -0.05) is 13.8 Å². The Morgan fingerprint density at radius 2 is 2.12 bits per heavy atom. The highest BCUT2D eigenvalue weighted by molar-refractivity contribution is 6.18. The van der Waals surface area contributed by atoms with Crippen molar-refractivity contribution in [2.75, 3.05) is 12.4 Å². The summed E-state index contributed by atoms with van der Waals surface area (Å²) in [5.41, 5.74) is 0. The summed E-state index contributed by atoms with van der Waals surface area (Å²) in [7, 11) is 0. The fraction of sp³-hybridized carbons (Fsp3) is 1.00. The Kier molecular flexibility index (Phi) is 5.56. The summed E-state index contributed by atoms with van der Waals surface area (Å²) in [6.07, 6.45) is 1.12. The van der Waals surface area contributed by atoms with Crippen LogP contribution >= 0.6 is 11.6 Å². The molecule has 0 spiro atoms. The van der Waals surface area contributed by atoms with E-state index in [0.29, 0.717) is 6.04 Å². The Hall–Kier alpha value is 0.250. The molecule has 0 amide bonds. The molecule has 1 unspecified atom stereocenters. The van der Waals surface area contributed by atoms with Gasteiger partial charge in [-0.2, -0.15) is 0 Å². The lowest BCUT2D eigenvalue weighted by atomic mass is 10.3. The second-order valence-electron chi connectivity index (χ2n) is 1.82. The maximum absolute atomic E-state index is 5.58. The van der Waals surface area contributed by atoms with Gasteiger partial charge < -0.3 is 5.32 Å². The lowest BCUT2D eigenvalue weighted by Crippen LogP contribution is -2.29. The van der Waals surface area contributed by atoms with Gasteiger partial charge in [-0.25, -0.2) is 0 Å². The van der Waals surface area contributed by atoms with Gasteiger partial charge in [-0.15, -0.1) is 11.6 Å². The van der Waals surface area contributed by atoms with Crippen LogP contribution in [0.4, 0.5) is 0 Å². The Morgan fingerprint density at radius 1 is 1.50 bits per heavy atom. The molecular formula is C6H14ClN. The molecular weight excluding hydrogens is 122 g/mol. The molecule has 0 aromatic carbocycles. The van der Waals surface area contributed by atoms with Crippen molar-refractivity contribution in [3.63, 3.8) is 0 Å². The monoisotopic (exact) mass is 135 g/mol. The molecule has 0 aromatic rings. The fourth-order valence-electron chi connectivity index (χ4n) is 0.597. The van der Waals surface area contributed by atoms with Crippen molar-refractivity contribution >= 4 is 11.6 Å². The second kappa shape index (κ2) is 5.39. The minimum atomic E-state index is 0.515. The van der Waals surface area contributed by atoms with E-state index in [4.69, 9.17) is 11.6 Å². The molecule has 50 valence electrons. The summed E-state index contributed by atoms with van der Waals surface area (Å²) < 4.78 is 0. The molecule has 0 aliphatic carbocycles. The smallest absolute Gasteiger partial charge is 0.0377 e. The molecule has 1 nitrogen and oxygen atoms in total. The van der Waals surface area contributed by atoms with Crippen LogP contribution in [0.2, 0.25) is 0 Å². The SMILES string of the molecule is CCNC(CC)CCl. The maximum atomic E-state index is 5.58. The van der Waals surface area contributed by atoms with Crippen LogP contribution in [0.15, 0.2) is 0 Å². The Labute approximate surface area is 56.4 Å². The van der Waals surface area contributed by atoms with Crippen LogP contribution in [0.3, 0.4) is 0 Å². The first-order chi connectivity index (χ1) is 3.85. The van der Waals surface area contributed by atoms with Gasteiger partial charge in [0, 0.05) is 11.9 Å². The summed E-state index contributed by atoms with van der Waals surface area (Å²) >= 11 is 5.58. The average molecular weight is 136 g/mol.